The van der Waals surface area contributed by atoms with Crippen molar-refractivity contribution >= 4 is 7.32 Å². The zero-order valence-electron chi connectivity index (χ0n) is 7.37. The van der Waals surface area contributed by atoms with E-state index in [-0.39, 0.29) is 12.2 Å². The van der Waals surface area contributed by atoms with Crippen LogP contribution in [0.25, 0.3) is 0 Å². The van der Waals surface area contributed by atoms with E-state index in [1.165, 1.54) is 0 Å². The third kappa shape index (κ3) is 3.23. The summed E-state index contributed by atoms with van der Waals surface area (Å²) >= 11 is 0. The summed E-state index contributed by atoms with van der Waals surface area (Å²) in [4.78, 5) is 0. The maximum absolute atomic E-state index is 5.35. The van der Waals surface area contributed by atoms with Crippen molar-refractivity contribution < 1.29 is 14.0 Å². The van der Waals surface area contributed by atoms with Gasteiger partial charge >= 0.3 is 7.32 Å². The highest BCUT2D eigenvalue weighted by Crippen LogP contribution is 2.10. The molecule has 0 aromatic rings. The maximum Gasteiger partial charge on any atom is 0.639 e. The van der Waals surface area contributed by atoms with Crippen LogP contribution in [0.4, 0.5) is 0 Å². The van der Waals surface area contributed by atoms with Crippen LogP contribution < -0.4 is 0 Å². The van der Waals surface area contributed by atoms with Crippen LogP contribution in [-0.2, 0) is 14.0 Å². The van der Waals surface area contributed by atoms with Gasteiger partial charge in [-0.3, -0.25) is 0 Å². The Bertz CT molecular complexity index is 116. The van der Waals surface area contributed by atoms with Crippen LogP contribution in [0.15, 0.2) is 0 Å². The van der Waals surface area contributed by atoms with Crippen molar-refractivity contribution in [3.63, 3.8) is 0 Å². The summed E-state index contributed by atoms with van der Waals surface area (Å²) in [6.45, 7) is 6.69. The molecule has 0 aromatic heterocycles. The zero-order valence-corrected chi connectivity index (χ0v) is 7.37. The van der Waals surface area contributed by atoms with E-state index in [9.17, 15) is 0 Å². The van der Waals surface area contributed by atoms with Crippen LogP contribution >= 0.6 is 0 Å². The minimum absolute atomic E-state index is 0.158. The molecule has 1 fully saturated rings. The van der Waals surface area contributed by atoms with E-state index in [4.69, 9.17) is 14.0 Å². The molecule has 64 valence electrons. The Hall–Kier alpha value is -0.0551. The van der Waals surface area contributed by atoms with E-state index in [2.05, 4.69) is 0 Å². The monoisotopic (exact) mass is 158 g/mol. The lowest BCUT2D eigenvalue weighted by atomic mass is 10.1. The fourth-order valence-electron chi connectivity index (χ4n) is 0.921. The predicted octanol–water partition coefficient (Wildman–Crippen LogP) is 1.22. The Kier molecular flexibility index (Phi) is 3.36. The summed E-state index contributed by atoms with van der Waals surface area (Å²) in [5.74, 6) is 0. The van der Waals surface area contributed by atoms with Crippen molar-refractivity contribution in [3.8, 4) is 0 Å². The summed E-state index contributed by atoms with van der Waals surface area (Å²) in [7, 11) is -0.446. The van der Waals surface area contributed by atoms with Gasteiger partial charge in [-0.2, -0.15) is 0 Å². The molecule has 1 aliphatic heterocycles. The molecule has 3 nitrogen and oxygen atoms in total. The van der Waals surface area contributed by atoms with Gasteiger partial charge in [0.05, 0.1) is 0 Å². The molecule has 4 heteroatoms. The molecule has 0 saturated carbocycles. The number of rotatable bonds is 2. The molecule has 1 heterocycles. The Balaban J connectivity index is 2.23. The van der Waals surface area contributed by atoms with Gasteiger partial charge in [0, 0.05) is 18.8 Å². The van der Waals surface area contributed by atoms with E-state index in [0.717, 1.165) is 13.0 Å². The second kappa shape index (κ2) is 4.09. The van der Waals surface area contributed by atoms with Crippen molar-refractivity contribution in [2.45, 2.75) is 39.4 Å². The Morgan fingerprint density at radius 3 is 2.82 bits per heavy atom. The van der Waals surface area contributed by atoms with Gasteiger partial charge in [0.1, 0.15) is 0 Å². The normalized spacial score (nSPS) is 26.2. The van der Waals surface area contributed by atoms with Crippen LogP contribution in [0.3, 0.4) is 0 Å². The van der Waals surface area contributed by atoms with Crippen LogP contribution in [0.5, 0.6) is 0 Å². The lowest BCUT2D eigenvalue weighted by Crippen LogP contribution is -2.38. The van der Waals surface area contributed by atoms with E-state index >= 15 is 0 Å². The van der Waals surface area contributed by atoms with Gasteiger partial charge in [-0.05, 0) is 27.2 Å². The summed E-state index contributed by atoms with van der Waals surface area (Å²) in [5.41, 5.74) is 0. The van der Waals surface area contributed by atoms with E-state index < -0.39 is 7.32 Å². The molecule has 11 heavy (non-hydrogen) atoms. The Morgan fingerprint density at radius 1 is 1.55 bits per heavy atom. The van der Waals surface area contributed by atoms with Gasteiger partial charge in [0.15, 0.2) is 0 Å². The third-order valence-corrected chi connectivity index (χ3v) is 1.51. The van der Waals surface area contributed by atoms with Gasteiger partial charge in [0.2, 0.25) is 0 Å². The molecule has 1 saturated heterocycles. The van der Waals surface area contributed by atoms with Crippen LogP contribution in [-0.4, -0.2) is 26.1 Å². The molecule has 0 spiro atoms. The molecule has 0 bridgehead atoms. The summed E-state index contributed by atoms with van der Waals surface area (Å²) in [6, 6.07) is 0. The Morgan fingerprint density at radius 2 is 2.27 bits per heavy atom. The predicted molar refractivity (Wildman–Crippen MR) is 43.1 cm³/mol. The molecule has 1 rings (SSSR count). The van der Waals surface area contributed by atoms with Crippen molar-refractivity contribution in [2.75, 3.05) is 6.61 Å². The minimum Gasteiger partial charge on any atom is -0.386 e. The highest BCUT2D eigenvalue weighted by molar-refractivity contribution is 6.36. The lowest BCUT2D eigenvalue weighted by Gasteiger charge is -2.25. The first kappa shape index (κ1) is 9.04. The maximum atomic E-state index is 5.35. The Labute approximate surface area is 68.2 Å². The van der Waals surface area contributed by atoms with Crippen molar-refractivity contribution in [2.24, 2.45) is 0 Å². The van der Waals surface area contributed by atoms with Crippen LogP contribution in [0.1, 0.15) is 27.2 Å². The van der Waals surface area contributed by atoms with Crippen LogP contribution in [0, 0.1) is 0 Å². The third-order valence-electron chi connectivity index (χ3n) is 1.51. The molecular weight excluding hydrogens is 143 g/mol. The van der Waals surface area contributed by atoms with Gasteiger partial charge in [-0.25, -0.2) is 0 Å². The van der Waals surface area contributed by atoms with Gasteiger partial charge < -0.3 is 14.0 Å². The minimum atomic E-state index is -0.446. The first-order valence-corrected chi connectivity index (χ1v) is 4.11. The van der Waals surface area contributed by atoms with Crippen molar-refractivity contribution in [1.82, 2.24) is 0 Å². The molecule has 0 aliphatic carbocycles. The molecule has 0 unspecified atom stereocenters. The van der Waals surface area contributed by atoms with Gasteiger partial charge in [0.25, 0.3) is 0 Å². The van der Waals surface area contributed by atoms with E-state index in [1.54, 1.807) is 0 Å². The highest BCUT2D eigenvalue weighted by Gasteiger charge is 2.29. The average molecular weight is 158 g/mol. The molecule has 0 N–H and O–H groups in total. The zero-order chi connectivity index (χ0) is 8.27. The number of hydrogen-bond acceptors (Lipinski definition) is 3. The quantitative estimate of drug-likeness (QED) is 0.565. The lowest BCUT2D eigenvalue weighted by molar-refractivity contribution is 0.00214. The molecule has 0 amide bonds. The SMILES string of the molecule is CC(C)OB1OCC[C@H](C)O1. The van der Waals surface area contributed by atoms with Crippen LogP contribution in [0.2, 0.25) is 0 Å². The summed E-state index contributed by atoms with van der Waals surface area (Å²) < 4.78 is 15.9. The van der Waals surface area contributed by atoms with E-state index in [0.29, 0.717) is 0 Å². The highest BCUT2D eigenvalue weighted by atomic mass is 16.7. The molecule has 1 atom stereocenters. The average Bonchev–Trinajstić information content (AvgIpc) is 1.85. The molecular formula is C7H15BO3. The largest absolute Gasteiger partial charge is 0.639 e. The fraction of sp³-hybridized carbons (Fsp3) is 1.00. The fourth-order valence-corrected chi connectivity index (χ4v) is 0.921. The first-order valence-electron chi connectivity index (χ1n) is 4.11. The molecule has 1 aliphatic rings. The van der Waals surface area contributed by atoms with Gasteiger partial charge in [-0.15, -0.1) is 0 Å². The smallest absolute Gasteiger partial charge is 0.386 e. The second-order valence-electron chi connectivity index (χ2n) is 3.08. The molecule has 0 aromatic carbocycles. The summed E-state index contributed by atoms with van der Waals surface area (Å²) in [6.07, 6.45) is 1.37. The first-order chi connectivity index (χ1) is 5.18. The standard InChI is InChI=1S/C7H15BO3/c1-6(2)10-8-9-5-4-7(3)11-8/h6-7H,4-5H2,1-3H3/t7-/m0/s1. The molecule has 0 radical (unpaired) electrons. The van der Waals surface area contributed by atoms with Crippen molar-refractivity contribution in [3.05, 3.63) is 0 Å². The van der Waals surface area contributed by atoms with E-state index in [1.807, 2.05) is 20.8 Å². The van der Waals surface area contributed by atoms with Gasteiger partial charge in [-0.1, -0.05) is 0 Å². The summed E-state index contributed by atoms with van der Waals surface area (Å²) in [5, 5.41) is 0. The topological polar surface area (TPSA) is 27.7 Å². The van der Waals surface area contributed by atoms with Crippen molar-refractivity contribution in [1.29, 1.82) is 0 Å². The second-order valence-corrected chi connectivity index (χ2v) is 3.08. The number of hydrogen-bond donors (Lipinski definition) is 0.